The van der Waals surface area contributed by atoms with Crippen LogP contribution < -0.4 is 9.47 Å². The van der Waals surface area contributed by atoms with Crippen molar-refractivity contribution < 1.29 is 19.0 Å². The van der Waals surface area contributed by atoms with Gasteiger partial charge in [-0.1, -0.05) is 22.0 Å². The van der Waals surface area contributed by atoms with Gasteiger partial charge >= 0.3 is 0 Å². The second kappa shape index (κ2) is 6.72. The predicted molar refractivity (Wildman–Crippen MR) is 77.3 cm³/mol. The lowest BCUT2D eigenvalue weighted by Crippen LogP contribution is -1.99. The largest absolute Gasteiger partial charge is 0.493 e. The highest BCUT2D eigenvalue weighted by Crippen LogP contribution is 2.29. The van der Waals surface area contributed by atoms with Crippen LogP contribution in [0, 0.1) is 5.82 Å². The van der Waals surface area contributed by atoms with Crippen LogP contribution in [0.25, 0.3) is 0 Å². The maximum Gasteiger partial charge on any atom is 0.162 e. The van der Waals surface area contributed by atoms with E-state index in [2.05, 4.69) is 15.9 Å². The number of benzene rings is 2. The molecule has 0 heterocycles. The van der Waals surface area contributed by atoms with E-state index in [1.807, 2.05) is 0 Å². The summed E-state index contributed by atoms with van der Waals surface area (Å²) >= 11 is 3.24. The van der Waals surface area contributed by atoms with Crippen LogP contribution in [-0.4, -0.2) is 12.2 Å². The molecular weight excluding hydrogens is 327 g/mol. The van der Waals surface area contributed by atoms with Crippen molar-refractivity contribution in [2.24, 2.45) is 0 Å². The Morgan fingerprint density at radius 2 is 1.90 bits per heavy atom. The van der Waals surface area contributed by atoms with Gasteiger partial charge in [0.05, 0.1) is 13.7 Å². The molecule has 1 N–H and O–H groups in total. The summed E-state index contributed by atoms with van der Waals surface area (Å²) in [4.78, 5) is 0. The first-order valence-corrected chi connectivity index (χ1v) is 6.77. The SMILES string of the molecule is COc1ccc(CO)cc1OCc1cc(F)cc(Br)c1. The average Bonchev–Trinajstić information content (AvgIpc) is 2.43. The normalized spacial score (nSPS) is 10.4. The van der Waals surface area contributed by atoms with E-state index in [-0.39, 0.29) is 19.0 Å². The minimum atomic E-state index is -0.325. The Morgan fingerprint density at radius 1 is 1.10 bits per heavy atom. The maximum absolute atomic E-state index is 13.3. The Kier molecular flexibility index (Phi) is 4.98. The van der Waals surface area contributed by atoms with Gasteiger partial charge in [0, 0.05) is 4.47 Å². The first-order valence-electron chi connectivity index (χ1n) is 5.98. The van der Waals surface area contributed by atoms with E-state index < -0.39 is 0 Å². The van der Waals surface area contributed by atoms with Gasteiger partial charge in [-0.05, 0) is 41.5 Å². The van der Waals surface area contributed by atoms with E-state index in [1.165, 1.54) is 12.1 Å². The predicted octanol–water partition coefficient (Wildman–Crippen LogP) is 3.67. The zero-order valence-corrected chi connectivity index (χ0v) is 12.5. The van der Waals surface area contributed by atoms with Crippen molar-refractivity contribution in [1.29, 1.82) is 0 Å². The van der Waals surface area contributed by atoms with Gasteiger partial charge in [-0.3, -0.25) is 0 Å². The molecule has 20 heavy (non-hydrogen) atoms. The summed E-state index contributed by atoms with van der Waals surface area (Å²) in [5.41, 5.74) is 1.43. The summed E-state index contributed by atoms with van der Waals surface area (Å²) in [6.45, 7) is 0.132. The van der Waals surface area contributed by atoms with E-state index in [0.717, 1.165) is 5.56 Å². The van der Waals surface area contributed by atoms with Crippen LogP contribution in [0.5, 0.6) is 11.5 Å². The Labute approximate surface area is 125 Å². The molecule has 3 nitrogen and oxygen atoms in total. The number of halogens is 2. The lowest BCUT2D eigenvalue weighted by molar-refractivity contribution is 0.271. The van der Waals surface area contributed by atoms with Crippen molar-refractivity contribution >= 4 is 15.9 Å². The molecule has 0 radical (unpaired) electrons. The molecule has 0 aliphatic heterocycles. The third-order valence-corrected chi connectivity index (χ3v) is 3.19. The molecule has 0 aliphatic rings. The minimum absolute atomic E-state index is 0.0775. The minimum Gasteiger partial charge on any atom is -0.493 e. The molecule has 0 aromatic heterocycles. The number of hydrogen-bond donors (Lipinski definition) is 1. The van der Waals surface area contributed by atoms with Crippen LogP contribution in [0.4, 0.5) is 4.39 Å². The number of ether oxygens (including phenoxy) is 2. The fourth-order valence-electron chi connectivity index (χ4n) is 1.79. The van der Waals surface area contributed by atoms with Crippen LogP contribution in [0.1, 0.15) is 11.1 Å². The first kappa shape index (κ1) is 14.8. The molecule has 0 unspecified atom stereocenters. The summed E-state index contributed by atoms with van der Waals surface area (Å²) < 4.78 is 24.8. The molecule has 0 saturated heterocycles. The molecule has 106 valence electrons. The lowest BCUT2D eigenvalue weighted by atomic mass is 10.2. The fourth-order valence-corrected chi connectivity index (χ4v) is 2.30. The van der Waals surface area contributed by atoms with Crippen LogP contribution in [0.2, 0.25) is 0 Å². The van der Waals surface area contributed by atoms with Crippen LogP contribution >= 0.6 is 15.9 Å². The lowest BCUT2D eigenvalue weighted by Gasteiger charge is -2.12. The second-order valence-corrected chi connectivity index (χ2v) is 5.13. The van der Waals surface area contributed by atoms with Gasteiger partial charge < -0.3 is 14.6 Å². The van der Waals surface area contributed by atoms with Gasteiger partial charge in [-0.15, -0.1) is 0 Å². The standard InChI is InChI=1S/C15H14BrFO3/c1-19-14-3-2-10(8-18)6-15(14)20-9-11-4-12(16)7-13(17)5-11/h2-7,18H,8-9H2,1H3. The summed E-state index contributed by atoms with van der Waals surface area (Å²) in [5.74, 6) is 0.756. The first-order chi connectivity index (χ1) is 9.62. The van der Waals surface area contributed by atoms with Gasteiger partial charge in [0.1, 0.15) is 12.4 Å². The maximum atomic E-state index is 13.3. The highest BCUT2D eigenvalue weighted by molar-refractivity contribution is 9.10. The Morgan fingerprint density at radius 3 is 2.55 bits per heavy atom. The van der Waals surface area contributed by atoms with E-state index in [4.69, 9.17) is 14.6 Å². The number of rotatable bonds is 5. The molecule has 0 aliphatic carbocycles. The van der Waals surface area contributed by atoms with Crippen molar-refractivity contribution in [2.75, 3.05) is 7.11 Å². The molecule has 0 bridgehead atoms. The van der Waals surface area contributed by atoms with E-state index in [1.54, 1.807) is 31.4 Å². The van der Waals surface area contributed by atoms with Crippen molar-refractivity contribution in [3.8, 4) is 11.5 Å². The molecule has 0 spiro atoms. The van der Waals surface area contributed by atoms with Gasteiger partial charge in [0.25, 0.3) is 0 Å². The van der Waals surface area contributed by atoms with Gasteiger partial charge in [-0.2, -0.15) is 0 Å². The molecule has 0 saturated carbocycles. The Balaban J connectivity index is 2.17. The summed E-state index contributed by atoms with van der Waals surface area (Å²) in [5, 5.41) is 9.13. The summed E-state index contributed by atoms with van der Waals surface area (Å²) in [7, 11) is 1.54. The van der Waals surface area contributed by atoms with Crippen molar-refractivity contribution in [3.05, 3.63) is 57.8 Å². The monoisotopic (exact) mass is 340 g/mol. The Bertz CT molecular complexity index is 581. The Hall–Kier alpha value is -1.59. The topological polar surface area (TPSA) is 38.7 Å². The zero-order chi connectivity index (χ0) is 14.5. The third-order valence-electron chi connectivity index (χ3n) is 2.73. The average molecular weight is 341 g/mol. The second-order valence-electron chi connectivity index (χ2n) is 4.21. The molecule has 2 aromatic carbocycles. The van der Waals surface area contributed by atoms with Gasteiger partial charge in [-0.25, -0.2) is 4.39 Å². The molecule has 0 fully saturated rings. The highest BCUT2D eigenvalue weighted by Gasteiger charge is 2.07. The third kappa shape index (κ3) is 3.71. The smallest absolute Gasteiger partial charge is 0.162 e. The van der Waals surface area contributed by atoms with Crippen molar-refractivity contribution in [3.63, 3.8) is 0 Å². The molecule has 2 rings (SSSR count). The highest BCUT2D eigenvalue weighted by atomic mass is 79.9. The molecule has 0 atom stereocenters. The van der Waals surface area contributed by atoms with Crippen molar-refractivity contribution in [1.82, 2.24) is 0 Å². The van der Waals surface area contributed by atoms with Gasteiger partial charge in [0.15, 0.2) is 11.5 Å². The van der Waals surface area contributed by atoms with Crippen LogP contribution in [0.3, 0.4) is 0 Å². The molecule has 5 heteroatoms. The fraction of sp³-hybridized carbons (Fsp3) is 0.200. The van der Waals surface area contributed by atoms with Crippen molar-refractivity contribution in [2.45, 2.75) is 13.2 Å². The van der Waals surface area contributed by atoms with Crippen LogP contribution in [0.15, 0.2) is 40.9 Å². The number of methoxy groups -OCH3 is 1. The van der Waals surface area contributed by atoms with E-state index >= 15 is 0 Å². The number of hydrogen-bond acceptors (Lipinski definition) is 3. The molecule has 0 amide bonds. The van der Waals surface area contributed by atoms with Gasteiger partial charge in [0.2, 0.25) is 0 Å². The quantitative estimate of drug-likeness (QED) is 0.902. The summed E-state index contributed by atoms with van der Waals surface area (Å²) in [6, 6.07) is 9.76. The van der Waals surface area contributed by atoms with E-state index in [0.29, 0.717) is 21.5 Å². The summed E-state index contributed by atoms with van der Waals surface area (Å²) in [6.07, 6.45) is 0. The zero-order valence-electron chi connectivity index (χ0n) is 10.9. The molecule has 2 aromatic rings. The number of aliphatic hydroxyl groups excluding tert-OH is 1. The van der Waals surface area contributed by atoms with E-state index in [9.17, 15) is 4.39 Å². The van der Waals surface area contributed by atoms with Crippen LogP contribution in [-0.2, 0) is 13.2 Å². The molecular formula is C15H14BrFO3. The number of aliphatic hydroxyl groups is 1.